The smallest absolute Gasteiger partial charge is 0.372 e. The molecule has 39 heavy (non-hydrogen) atoms. The van der Waals surface area contributed by atoms with Gasteiger partial charge >= 0.3 is 11.9 Å². The van der Waals surface area contributed by atoms with E-state index >= 15 is 0 Å². The third-order valence-corrected chi connectivity index (χ3v) is 9.23. The number of aliphatic carboxylic acids is 1. The molecular formula is C28H24ClN3O6S. The number of aromatic carboxylic acids is 1. The van der Waals surface area contributed by atoms with Crippen molar-refractivity contribution in [2.75, 3.05) is 6.54 Å². The third-order valence-electron chi connectivity index (χ3n) is 7.02. The Labute approximate surface area is 230 Å². The van der Waals surface area contributed by atoms with Gasteiger partial charge in [-0.1, -0.05) is 66.2 Å². The Hall–Kier alpha value is -3.99. The van der Waals surface area contributed by atoms with Crippen molar-refractivity contribution < 1.29 is 28.2 Å². The highest BCUT2D eigenvalue weighted by Gasteiger charge is 2.67. The van der Waals surface area contributed by atoms with Crippen LogP contribution >= 0.6 is 11.6 Å². The molecule has 1 aliphatic rings. The summed E-state index contributed by atoms with van der Waals surface area (Å²) in [6.07, 6.45) is 2.81. The predicted octanol–water partition coefficient (Wildman–Crippen LogP) is 4.60. The molecule has 0 spiro atoms. The molecule has 2 unspecified atom stereocenters. The van der Waals surface area contributed by atoms with Crippen LogP contribution in [0, 0.1) is 0 Å². The first-order valence-electron chi connectivity index (χ1n) is 12.1. The average Bonchev–Trinajstić information content (AvgIpc) is 3.50. The molecule has 9 nitrogen and oxygen atoms in total. The fourth-order valence-electron chi connectivity index (χ4n) is 4.96. The number of carboxylic acids is 2. The molecule has 4 aromatic rings. The molecule has 1 heterocycles. The maximum Gasteiger partial charge on any atom is 0.372 e. The molecule has 0 bridgehead atoms. The number of carbonyl (C=O) groups is 2. The number of imidazole rings is 1. The highest BCUT2D eigenvalue weighted by molar-refractivity contribution is 7.89. The van der Waals surface area contributed by atoms with Crippen LogP contribution in [0.5, 0.6) is 0 Å². The van der Waals surface area contributed by atoms with E-state index in [2.05, 4.69) is 4.98 Å². The Morgan fingerprint density at radius 3 is 2.18 bits per heavy atom. The van der Waals surface area contributed by atoms with Gasteiger partial charge in [0, 0.05) is 36.4 Å². The van der Waals surface area contributed by atoms with Gasteiger partial charge in [-0.15, -0.1) is 0 Å². The zero-order valence-corrected chi connectivity index (χ0v) is 22.1. The second kappa shape index (κ2) is 10.3. The summed E-state index contributed by atoms with van der Waals surface area (Å²) in [5.74, 6) is -3.36. The minimum Gasteiger partial charge on any atom is -0.480 e. The largest absolute Gasteiger partial charge is 0.480 e. The maximum absolute atomic E-state index is 14.1. The fourth-order valence-corrected chi connectivity index (χ4v) is 6.85. The van der Waals surface area contributed by atoms with Crippen molar-refractivity contribution >= 4 is 33.6 Å². The van der Waals surface area contributed by atoms with E-state index in [1.165, 1.54) is 29.1 Å². The van der Waals surface area contributed by atoms with Gasteiger partial charge in [0.2, 0.25) is 15.8 Å². The van der Waals surface area contributed by atoms with Gasteiger partial charge in [0.15, 0.2) is 0 Å². The molecule has 200 valence electrons. The molecule has 0 radical (unpaired) electrons. The Balaban J connectivity index is 1.53. The second-order valence-electron chi connectivity index (χ2n) is 9.25. The van der Waals surface area contributed by atoms with Crippen LogP contribution in [0.3, 0.4) is 0 Å². The number of benzene rings is 3. The summed E-state index contributed by atoms with van der Waals surface area (Å²) in [7, 11) is -4.32. The van der Waals surface area contributed by atoms with Crippen LogP contribution in [0.25, 0.3) is 11.1 Å². The van der Waals surface area contributed by atoms with Gasteiger partial charge in [-0.05, 0) is 47.4 Å². The van der Waals surface area contributed by atoms with Crippen molar-refractivity contribution in [2.24, 2.45) is 0 Å². The maximum atomic E-state index is 14.1. The molecule has 1 fully saturated rings. The number of carboxylic acid groups (broad SMARTS) is 2. The van der Waals surface area contributed by atoms with Crippen molar-refractivity contribution in [1.29, 1.82) is 0 Å². The van der Waals surface area contributed by atoms with Crippen LogP contribution < -0.4 is 0 Å². The van der Waals surface area contributed by atoms with Crippen LogP contribution in [0.4, 0.5) is 0 Å². The van der Waals surface area contributed by atoms with Crippen molar-refractivity contribution in [3.63, 3.8) is 0 Å². The van der Waals surface area contributed by atoms with E-state index in [9.17, 15) is 28.2 Å². The first kappa shape index (κ1) is 26.6. The van der Waals surface area contributed by atoms with E-state index in [1.54, 1.807) is 54.6 Å². The lowest BCUT2D eigenvalue weighted by Crippen LogP contribution is -2.49. The summed E-state index contributed by atoms with van der Waals surface area (Å²) < 4.78 is 30.4. The van der Waals surface area contributed by atoms with E-state index in [0.717, 1.165) is 15.4 Å². The predicted molar refractivity (Wildman–Crippen MR) is 144 cm³/mol. The minimum absolute atomic E-state index is 0.0661. The summed E-state index contributed by atoms with van der Waals surface area (Å²) in [5, 5.41) is 20.4. The van der Waals surface area contributed by atoms with E-state index in [4.69, 9.17) is 11.6 Å². The molecule has 1 aliphatic carbocycles. The summed E-state index contributed by atoms with van der Waals surface area (Å²) in [6, 6.07) is 22.2. The molecular weight excluding hydrogens is 542 g/mol. The molecule has 1 saturated carbocycles. The standard InChI is InChI=1S/C28H24ClN3O6S/c29-22-10-6-19(7-11-22)20-8-12-23(13-9-20)39(37,38)32(17-16-31-15-14-30-25(31)26(33)34)28(27(35)36)18-24(28)21-4-2-1-3-5-21/h1-15,24H,16-18H2,(H,33,34)(H,35,36). The number of rotatable bonds is 10. The number of hydrogen-bond acceptors (Lipinski definition) is 5. The topological polar surface area (TPSA) is 130 Å². The molecule has 0 saturated heterocycles. The highest BCUT2D eigenvalue weighted by atomic mass is 35.5. The number of hydrogen-bond donors (Lipinski definition) is 2. The molecule has 2 atom stereocenters. The SMILES string of the molecule is O=C(O)c1nccn1CCN(C1(C(=O)O)CC1c1ccccc1)S(=O)(=O)c1ccc(-c2ccc(Cl)cc2)cc1. The third kappa shape index (κ3) is 4.94. The quantitative estimate of drug-likeness (QED) is 0.287. The number of sulfonamides is 1. The average molecular weight is 566 g/mol. The van der Waals surface area contributed by atoms with Gasteiger partial charge in [-0.3, -0.25) is 4.79 Å². The lowest BCUT2D eigenvalue weighted by molar-refractivity contribution is -0.143. The van der Waals surface area contributed by atoms with E-state index in [1.807, 2.05) is 12.1 Å². The van der Waals surface area contributed by atoms with Crippen LogP contribution in [0.15, 0.2) is 96.2 Å². The molecule has 0 amide bonds. The van der Waals surface area contributed by atoms with Gasteiger partial charge in [-0.25, -0.2) is 18.2 Å². The first-order chi connectivity index (χ1) is 18.6. The summed E-state index contributed by atoms with van der Waals surface area (Å²) in [6.45, 7) is -0.367. The Bertz CT molecular complexity index is 1620. The summed E-state index contributed by atoms with van der Waals surface area (Å²) >= 11 is 5.97. The van der Waals surface area contributed by atoms with Crippen molar-refractivity contribution in [1.82, 2.24) is 13.9 Å². The molecule has 0 aliphatic heterocycles. The Morgan fingerprint density at radius 2 is 1.59 bits per heavy atom. The molecule has 1 aromatic heterocycles. The number of nitrogens with zero attached hydrogens (tertiary/aromatic N) is 3. The monoisotopic (exact) mass is 565 g/mol. The van der Waals surface area contributed by atoms with Gasteiger partial charge in [0.05, 0.1) is 4.90 Å². The van der Waals surface area contributed by atoms with Gasteiger partial charge in [0.25, 0.3) is 0 Å². The van der Waals surface area contributed by atoms with Crippen LogP contribution in [0.1, 0.15) is 28.5 Å². The highest BCUT2D eigenvalue weighted by Crippen LogP contribution is 2.57. The van der Waals surface area contributed by atoms with Gasteiger partial charge < -0.3 is 14.8 Å². The lowest BCUT2D eigenvalue weighted by atomic mass is 10.1. The second-order valence-corrected chi connectivity index (χ2v) is 11.6. The molecule has 2 N–H and O–H groups in total. The zero-order valence-electron chi connectivity index (χ0n) is 20.5. The molecule has 11 heteroatoms. The number of halogens is 1. The lowest BCUT2D eigenvalue weighted by Gasteiger charge is -2.30. The fraction of sp³-hybridized carbons (Fsp3) is 0.179. The van der Waals surface area contributed by atoms with Crippen molar-refractivity contribution in [3.8, 4) is 11.1 Å². The van der Waals surface area contributed by atoms with E-state index in [0.29, 0.717) is 10.6 Å². The number of aromatic nitrogens is 2. The van der Waals surface area contributed by atoms with Crippen molar-refractivity contribution in [3.05, 3.63) is 108 Å². The van der Waals surface area contributed by atoms with Crippen molar-refractivity contribution in [2.45, 2.75) is 29.3 Å². The Kier molecular flexibility index (Phi) is 7.02. The van der Waals surface area contributed by atoms with E-state index in [-0.39, 0.29) is 30.2 Å². The molecule has 3 aromatic carbocycles. The summed E-state index contributed by atoms with van der Waals surface area (Å²) in [4.78, 5) is 28.0. The zero-order chi connectivity index (χ0) is 27.8. The first-order valence-corrected chi connectivity index (χ1v) is 13.9. The minimum atomic E-state index is -4.32. The molecule has 5 rings (SSSR count). The van der Waals surface area contributed by atoms with Gasteiger partial charge in [-0.2, -0.15) is 4.31 Å². The van der Waals surface area contributed by atoms with Crippen LogP contribution in [-0.2, 0) is 21.4 Å². The van der Waals surface area contributed by atoms with Crippen LogP contribution in [0.2, 0.25) is 5.02 Å². The van der Waals surface area contributed by atoms with E-state index < -0.39 is 33.4 Å². The summed E-state index contributed by atoms with van der Waals surface area (Å²) in [5.41, 5.74) is 0.601. The van der Waals surface area contributed by atoms with Crippen LogP contribution in [-0.4, -0.2) is 56.5 Å². The normalized spacial score (nSPS) is 18.7. The Morgan fingerprint density at radius 1 is 0.974 bits per heavy atom. The van der Waals surface area contributed by atoms with Gasteiger partial charge in [0.1, 0.15) is 5.54 Å².